The van der Waals surface area contributed by atoms with Gasteiger partial charge in [0.25, 0.3) is 0 Å². The van der Waals surface area contributed by atoms with Crippen LogP contribution < -0.4 is 22.1 Å². The molecule has 0 amide bonds. The smallest absolute Gasteiger partial charge is 1.00 e. The van der Waals surface area contributed by atoms with Crippen molar-refractivity contribution >= 4 is 45.0 Å². The van der Waals surface area contributed by atoms with Gasteiger partial charge in [0.2, 0.25) is 0 Å². The molecule has 0 aliphatic rings. The van der Waals surface area contributed by atoms with Gasteiger partial charge in [-0.15, -0.1) is 0 Å². The fourth-order valence-corrected chi connectivity index (χ4v) is 0. The number of hydrogen-bond donors (Lipinski definition) is 0. The first kappa shape index (κ1) is 15.7. The second-order valence-electron chi connectivity index (χ2n) is 0.506. The van der Waals surface area contributed by atoms with Crippen LogP contribution in [0.25, 0.3) is 0 Å². The number of rotatable bonds is 1. The normalized spacial score (nSPS) is 5.29. The van der Waals surface area contributed by atoms with Crippen LogP contribution in [0.15, 0.2) is 0 Å². The van der Waals surface area contributed by atoms with Crippen molar-refractivity contribution in [1.29, 1.82) is 0 Å². The molecule has 0 aromatic rings. The van der Waals surface area contributed by atoms with Crippen molar-refractivity contribution in [2.75, 3.05) is 5.33 Å². The van der Waals surface area contributed by atoms with Crippen LogP contribution >= 0.6 is 15.9 Å². The molecule has 0 bridgehead atoms. The molecule has 0 aliphatic carbocycles. The molecule has 38 valence electrons. The maximum atomic E-state index is 9.21. The van der Waals surface area contributed by atoms with Gasteiger partial charge >= 0.3 is 23.1 Å². The van der Waals surface area contributed by atoms with E-state index in [2.05, 4.69) is 15.9 Å². The van der Waals surface area contributed by atoms with Gasteiger partial charge < -0.3 is 26.9 Å². The first-order chi connectivity index (χ1) is 2.27. The molecule has 0 fully saturated rings. The topological polar surface area (TPSA) is 40.1 Å². The molecular formula is C2H2Br2MgO2. The maximum Gasteiger partial charge on any atom is 2.00 e. The van der Waals surface area contributed by atoms with E-state index < -0.39 is 5.97 Å². The molecule has 5 heteroatoms. The van der Waals surface area contributed by atoms with Gasteiger partial charge in [0.1, 0.15) is 0 Å². The summed E-state index contributed by atoms with van der Waals surface area (Å²) in [4.78, 5) is 9.21. The molecular weight excluding hydrogens is 240 g/mol. The van der Waals surface area contributed by atoms with Crippen molar-refractivity contribution in [3.05, 3.63) is 0 Å². The number of alkyl halides is 1. The Hall–Kier alpha value is 1.20. The van der Waals surface area contributed by atoms with E-state index in [0.29, 0.717) is 0 Å². The van der Waals surface area contributed by atoms with E-state index >= 15 is 0 Å². The summed E-state index contributed by atoms with van der Waals surface area (Å²) >= 11 is 2.65. The summed E-state index contributed by atoms with van der Waals surface area (Å²) in [5.41, 5.74) is 0. The first-order valence-electron chi connectivity index (χ1n) is 1.03. The summed E-state index contributed by atoms with van der Waals surface area (Å²) in [5.74, 6) is -1.08. The average Bonchev–Trinajstić information content (AvgIpc) is 1.38. The van der Waals surface area contributed by atoms with E-state index in [9.17, 15) is 9.90 Å². The first-order valence-corrected chi connectivity index (χ1v) is 2.15. The molecule has 0 heterocycles. The second kappa shape index (κ2) is 10.2. The zero-order chi connectivity index (χ0) is 4.28. The van der Waals surface area contributed by atoms with Gasteiger partial charge in [-0.3, -0.25) is 0 Å². The van der Waals surface area contributed by atoms with E-state index in [4.69, 9.17) is 0 Å². The second-order valence-corrected chi connectivity index (χ2v) is 1.07. The number of aliphatic carboxylic acids is 1. The van der Waals surface area contributed by atoms with E-state index in [0.717, 1.165) is 0 Å². The van der Waals surface area contributed by atoms with E-state index in [1.165, 1.54) is 0 Å². The fourth-order valence-electron chi connectivity index (χ4n) is 0. The molecule has 0 aliphatic heterocycles. The minimum Gasteiger partial charge on any atom is -1.00 e. The number of halogens is 2. The van der Waals surface area contributed by atoms with Gasteiger partial charge in [-0.05, 0) is 0 Å². The van der Waals surface area contributed by atoms with Crippen LogP contribution in [-0.4, -0.2) is 34.4 Å². The number of hydrogen-bond acceptors (Lipinski definition) is 2. The zero-order valence-electron chi connectivity index (χ0n) is 3.49. The van der Waals surface area contributed by atoms with Crippen molar-refractivity contribution in [3.63, 3.8) is 0 Å². The average molecular weight is 242 g/mol. The monoisotopic (exact) mass is 240 g/mol. The Morgan fingerprint density at radius 1 is 1.71 bits per heavy atom. The predicted octanol–water partition coefficient (Wildman–Crippen LogP) is -4.25. The summed E-state index contributed by atoms with van der Waals surface area (Å²) in [6.45, 7) is 0. The molecule has 0 rings (SSSR count). The van der Waals surface area contributed by atoms with E-state index in [1.807, 2.05) is 0 Å². The van der Waals surface area contributed by atoms with Crippen molar-refractivity contribution in [1.82, 2.24) is 0 Å². The van der Waals surface area contributed by atoms with Gasteiger partial charge in [0, 0.05) is 5.33 Å². The minimum absolute atomic E-state index is 0. The van der Waals surface area contributed by atoms with Crippen molar-refractivity contribution < 1.29 is 26.9 Å². The van der Waals surface area contributed by atoms with Crippen molar-refractivity contribution in [2.45, 2.75) is 0 Å². The molecule has 0 aromatic heterocycles. The minimum atomic E-state index is -1.08. The summed E-state index contributed by atoms with van der Waals surface area (Å²) in [6.07, 6.45) is 0. The number of carboxylic acid groups (broad SMARTS) is 1. The number of carbonyl (C=O) groups is 1. The molecule has 0 saturated carbocycles. The Bertz CT molecular complexity index is 49.0. The van der Waals surface area contributed by atoms with Crippen molar-refractivity contribution in [2.24, 2.45) is 0 Å². The number of carbonyl (C=O) groups excluding carboxylic acids is 1. The zero-order valence-corrected chi connectivity index (χ0v) is 8.07. The Morgan fingerprint density at radius 2 is 1.86 bits per heavy atom. The molecule has 7 heavy (non-hydrogen) atoms. The molecule has 0 N–H and O–H groups in total. The maximum absolute atomic E-state index is 9.21. The van der Waals surface area contributed by atoms with E-state index in [1.54, 1.807) is 0 Å². The molecule has 2 nitrogen and oxygen atoms in total. The standard InChI is InChI=1S/C2H3BrO2.BrH.Mg/c3-1-2(4)5;;/h1H2,(H,4,5);1H;/q;;+2/p-2. The largest absolute Gasteiger partial charge is 2.00 e. The van der Waals surface area contributed by atoms with Crippen LogP contribution in [0.1, 0.15) is 0 Å². The molecule has 0 saturated heterocycles. The van der Waals surface area contributed by atoms with Gasteiger partial charge in [0.15, 0.2) is 0 Å². The summed E-state index contributed by atoms with van der Waals surface area (Å²) in [5, 5.41) is 9.13. The van der Waals surface area contributed by atoms with Gasteiger partial charge in [-0.1, -0.05) is 15.9 Å². The van der Waals surface area contributed by atoms with Crippen LogP contribution in [0.4, 0.5) is 0 Å². The van der Waals surface area contributed by atoms with Gasteiger partial charge in [-0.25, -0.2) is 0 Å². The van der Waals surface area contributed by atoms with Gasteiger partial charge in [-0.2, -0.15) is 0 Å². The SMILES string of the molecule is O=C([O-])CBr.[Br-].[Mg+2]. The van der Waals surface area contributed by atoms with E-state index in [-0.39, 0.29) is 45.4 Å². The Kier molecular flexibility index (Phi) is 23.0. The summed E-state index contributed by atoms with van der Waals surface area (Å²) in [6, 6.07) is 0. The van der Waals surface area contributed by atoms with Crippen LogP contribution in [0, 0.1) is 0 Å². The molecule has 0 spiro atoms. The predicted molar refractivity (Wildman–Crippen MR) is 24.6 cm³/mol. The molecule has 0 radical (unpaired) electrons. The van der Waals surface area contributed by atoms with Crippen LogP contribution in [0.5, 0.6) is 0 Å². The Labute approximate surface area is 76.7 Å². The third-order valence-corrected chi connectivity index (χ3v) is 0.567. The van der Waals surface area contributed by atoms with Gasteiger partial charge in [0.05, 0.1) is 5.97 Å². The quantitative estimate of drug-likeness (QED) is 0.345. The summed E-state index contributed by atoms with van der Waals surface area (Å²) in [7, 11) is 0. The third kappa shape index (κ3) is 19.0. The molecule has 0 atom stereocenters. The van der Waals surface area contributed by atoms with Crippen LogP contribution in [0.3, 0.4) is 0 Å². The van der Waals surface area contributed by atoms with Crippen molar-refractivity contribution in [3.8, 4) is 0 Å². The molecule has 0 unspecified atom stereocenters. The number of carboxylic acids is 1. The third-order valence-electron chi connectivity index (χ3n) is 0.109. The Balaban J connectivity index is -0.0000000800. The van der Waals surface area contributed by atoms with Crippen LogP contribution in [-0.2, 0) is 4.79 Å². The van der Waals surface area contributed by atoms with Crippen LogP contribution in [0.2, 0.25) is 0 Å². The fraction of sp³-hybridized carbons (Fsp3) is 0.500. The molecule has 0 aromatic carbocycles. The Morgan fingerprint density at radius 3 is 1.86 bits per heavy atom. The summed E-state index contributed by atoms with van der Waals surface area (Å²) < 4.78 is 0.